The van der Waals surface area contributed by atoms with Gasteiger partial charge in [0.2, 0.25) is 0 Å². The van der Waals surface area contributed by atoms with Crippen LogP contribution in [0.1, 0.15) is 50.0 Å². The highest BCUT2D eigenvalue weighted by Crippen LogP contribution is 2.15. The molecular weight excluding hydrogens is 262 g/mol. The van der Waals surface area contributed by atoms with Crippen molar-refractivity contribution in [2.75, 3.05) is 6.61 Å². The Kier molecular flexibility index (Phi) is 5.96. The van der Waals surface area contributed by atoms with Crippen LogP contribution in [0.5, 0.6) is 0 Å². The molecule has 1 atom stereocenters. The summed E-state index contributed by atoms with van der Waals surface area (Å²) in [5.74, 6) is 0. The predicted molar refractivity (Wildman–Crippen MR) is 85.0 cm³/mol. The second kappa shape index (κ2) is 7.96. The minimum absolute atomic E-state index is 0.0514. The second-order valence-corrected chi connectivity index (χ2v) is 5.28. The Morgan fingerprint density at radius 1 is 1.14 bits per heavy atom. The van der Waals surface area contributed by atoms with E-state index in [1.54, 1.807) is 0 Å². The van der Waals surface area contributed by atoms with Crippen LogP contribution in [-0.4, -0.2) is 21.5 Å². The van der Waals surface area contributed by atoms with Crippen molar-refractivity contribution in [2.45, 2.75) is 45.3 Å². The average Bonchev–Trinajstić information content (AvgIpc) is 2.99. The third kappa shape index (κ3) is 4.16. The number of hydrogen-bond acceptors (Lipinski definition) is 3. The normalized spacial score (nSPS) is 12.8. The molecule has 21 heavy (non-hydrogen) atoms. The highest BCUT2D eigenvalue weighted by Gasteiger charge is 2.11. The van der Waals surface area contributed by atoms with Gasteiger partial charge in [-0.25, -0.2) is 0 Å². The maximum Gasteiger partial charge on any atom is 0.0762 e. The van der Waals surface area contributed by atoms with Crippen molar-refractivity contribution in [3.63, 3.8) is 0 Å². The van der Waals surface area contributed by atoms with Gasteiger partial charge in [0, 0.05) is 12.7 Å². The first-order chi connectivity index (χ1) is 10.3. The maximum atomic E-state index is 9.54. The molecule has 2 aromatic rings. The molecular formula is C17H25N3O. The standard InChI is InChI=1S/C17H25N3O/c1-3-16(4-2)20-11-10-15(19-20)12-18-17(13-21)14-8-6-5-7-9-14/h5-11,16-18,21H,3-4,12-13H2,1-2H3. The van der Waals surface area contributed by atoms with Crippen molar-refractivity contribution < 1.29 is 5.11 Å². The predicted octanol–water partition coefficient (Wildman–Crippen LogP) is 3.07. The van der Waals surface area contributed by atoms with Crippen molar-refractivity contribution in [3.8, 4) is 0 Å². The zero-order chi connectivity index (χ0) is 15.1. The van der Waals surface area contributed by atoms with E-state index in [4.69, 9.17) is 0 Å². The van der Waals surface area contributed by atoms with Gasteiger partial charge in [-0.15, -0.1) is 0 Å². The number of hydrogen-bond donors (Lipinski definition) is 2. The Morgan fingerprint density at radius 3 is 2.48 bits per heavy atom. The van der Waals surface area contributed by atoms with E-state index in [2.05, 4.69) is 24.3 Å². The van der Waals surface area contributed by atoms with Crippen LogP contribution in [-0.2, 0) is 6.54 Å². The van der Waals surface area contributed by atoms with E-state index in [1.165, 1.54) is 0 Å². The quantitative estimate of drug-likeness (QED) is 0.784. The van der Waals surface area contributed by atoms with Crippen molar-refractivity contribution in [1.29, 1.82) is 0 Å². The molecule has 114 valence electrons. The van der Waals surface area contributed by atoms with E-state index in [0.29, 0.717) is 12.6 Å². The number of aliphatic hydroxyl groups excluding tert-OH is 1. The molecule has 4 heteroatoms. The molecule has 0 aliphatic carbocycles. The molecule has 0 bridgehead atoms. The van der Waals surface area contributed by atoms with Gasteiger partial charge >= 0.3 is 0 Å². The lowest BCUT2D eigenvalue weighted by atomic mass is 10.1. The minimum Gasteiger partial charge on any atom is -0.394 e. The average molecular weight is 287 g/mol. The topological polar surface area (TPSA) is 50.1 Å². The summed E-state index contributed by atoms with van der Waals surface area (Å²) >= 11 is 0. The van der Waals surface area contributed by atoms with Gasteiger partial charge in [-0.2, -0.15) is 5.10 Å². The number of aliphatic hydroxyl groups is 1. The largest absolute Gasteiger partial charge is 0.394 e. The van der Waals surface area contributed by atoms with Crippen LogP contribution in [0.4, 0.5) is 0 Å². The summed E-state index contributed by atoms with van der Waals surface area (Å²) in [6, 6.07) is 12.5. The maximum absolute atomic E-state index is 9.54. The van der Waals surface area contributed by atoms with Crippen LogP contribution < -0.4 is 5.32 Å². The van der Waals surface area contributed by atoms with Gasteiger partial charge in [-0.1, -0.05) is 44.2 Å². The number of nitrogens with zero attached hydrogens (tertiary/aromatic N) is 2. The fourth-order valence-corrected chi connectivity index (χ4v) is 2.54. The summed E-state index contributed by atoms with van der Waals surface area (Å²) in [5, 5.41) is 17.5. The van der Waals surface area contributed by atoms with Gasteiger partial charge in [-0.05, 0) is 24.5 Å². The van der Waals surface area contributed by atoms with Crippen molar-refractivity contribution in [3.05, 3.63) is 53.9 Å². The molecule has 0 saturated heterocycles. The molecule has 0 saturated carbocycles. The van der Waals surface area contributed by atoms with E-state index < -0.39 is 0 Å². The van der Waals surface area contributed by atoms with E-state index in [9.17, 15) is 5.11 Å². The molecule has 0 spiro atoms. The summed E-state index contributed by atoms with van der Waals surface area (Å²) in [6.45, 7) is 5.11. The summed E-state index contributed by atoms with van der Waals surface area (Å²) in [4.78, 5) is 0. The summed E-state index contributed by atoms with van der Waals surface area (Å²) < 4.78 is 2.05. The van der Waals surface area contributed by atoms with Gasteiger partial charge in [0.1, 0.15) is 0 Å². The molecule has 0 aliphatic rings. The van der Waals surface area contributed by atoms with E-state index in [1.807, 2.05) is 47.3 Å². The zero-order valence-corrected chi connectivity index (χ0v) is 12.9. The van der Waals surface area contributed by atoms with Gasteiger partial charge < -0.3 is 10.4 Å². The Morgan fingerprint density at radius 2 is 1.86 bits per heavy atom. The highest BCUT2D eigenvalue weighted by molar-refractivity contribution is 5.19. The molecule has 1 aromatic carbocycles. The number of aromatic nitrogens is 2. The molecule has 1 unspecified atom stereocenters. The minimum atomic E-state index is -0.0514. The number of nitrogens with one attached hydrogen (secondary N) is 1. The third-order valence-corrected chi connectivity index (χ3v) is 3.89. The Hall–Kier alpha value is -1.65. The molecule has 0 aliphatic heterocycles. The van der Waals surface area contributed by atoms with Crippen molar-refractivity contribution >= 4 is 0 Å². The molecule has 4 nitrogen and oxygen atoms in total. The first kappa shape index (κ1) is 15.7. The van der Waals surface area contributed by atoms with Crippen LogP contribution in [0, 0.1) is 0 Å². The van der Waals surface area contributed by atoms with Crippen LogP contribution in [0.15, 0.2) is 42.6 Å². The first-order valence-electron chi connectivity index (χ1n) is 7.71. The summed E-state index contributed by atoms with van der Waals surface area (Å²) in [7, 11) is 0. The SMILES string of the molecule is CCC(CC)n1ccc(CNC(CO)c2ccccc2)n1. The molecule has 0 fully saturated rings. The third-order valence-electron chi connectivity index (χ3n) is 3.89. The number of rotatable bonds is 8. The molecule has 0 radical (unpaired) electrons. The lowest BCUT2D eigenvalue weighted by Crippen LogP contribution is -2.24. The van der Waals surface area contributed by atoms with Gasteiger partial charge in [0.15, 0.2) is 0 Å². The number of benzene rings is 1. The lowest BCUT2D eigenvalue weighted by molar-refractivity contribution is 0.243. The van der Waals surface area contributed by atoms with E-state index in [-0.39, 0.29) is 12.6 Å². The molecule has 2 N–H and O–H groups in total. The molecule has 2 rings (SSSR count). The van der Waals surface area contributed by atoms with E-state index >= 15 is 0 Å². The van der Waals surface area contributed by atoms with Gasteiger partial charge in [0.25, 0.3) is 0 Å². The summed E-state index contributed by atoms with van der Waals surface area (Å²) in [5.41, 5.74) is 2.11. The van der Waals surface area contributed by atoms with Gasteiger partial charge in [0.05, 0.1) is 24.4 Å². The first-order valence-corrected chi connectivity index (χ1v) is 7.71. The summed E-state index contributed by atoms with van der Waals surface area (Å²) in [6.07, 6.45) is 4.23. The van der Waals surface area contributed by atoms with E-state index in [0.717, 1.165) is 24.1 Å². The fourth-order valence-electron chi connectivity index (χ4n) is 2.54. The Balaban J connectivity index is 1.96. The second-order valence-electron chi connectivity index (χ2n) is 5.28. The molecule has 1 aromatic heterocycles. The van der Waals surface area contributed by atoms with Crippen LogP contribution in [0.2, 0.25) is 0 Å². The van der Waals surface area contributed by atoms with Crippen molar-refractivity contribution in [2.24, 2.45) is 0 Å². The Bertz CT molecular complexity index is 520. The van der Waals surface area contributed by atoms with Gasteiger partial charge in [-0.3, -0.25) is 4.68 Å². The molecule has 0 amide bonds. The van der Waals surface area contributed by atoms with Crippen LogP contribution in [0.3, 0.4) is 0 Å². The lowest BCUT2D eigenvalue weighted by Gasteiger charge is -2.16. The highest BCUT2D eigenvalue weighted by atomic mass is 16.3. The van der Waals surface area contributed by atoms with Crippen molar-refractivity contribution in [1.82, 2.24) is 15.1 Å². The zero-order valence-electron chi connectivity index (χ0n) is 12.9. The molecule has 1 heterocycles. The monoisotopic (exact) mass is 287 g/mol. The Labute approximate surface area is 126 Å². The van der Waals surface area contributed by atoms with Crippen LogP contribution in [0.25, 0.3) is 0 Å². The smallest absolute Gasteiger partial charge is 0.0762 e. The van der Waals surface area contributed by atoms with Crippen LogP contribution >= 0.6 is 0 Å². The fraction of sp³-hybridized carbons (Fsp3) is 0.471.